The van der Waals surface area contributed by atoms with Crippen molar-refractivity contribution >= 4 is 15.9 Å². The molecule has 0 aromatic heterocycles. The predicted molar refractivity (Wildman–Crippen MR) is 73.0 cm³/mol. The van der Waals surface area contributed by atoms with Crippen LogP contribution in [0, 0.1) is 31.3 Å². The largest absolute Gasteiger partial charge is 0.207 e. The molecule has 0 aliphatic rings. The van der Waals surface area contributed by atoms with Gasteiger partial charge in [-0.2, -0.15) is 0 Å². The van der Waals surface area contributed by atoms with Crippen molar-refractivity contribution in [1.29, 1.82) is 0 Å². The number of hydrogen-bond acceptors (Lipinski definition) is 0. The first-order chi connectivity index (χ1) is 8.91. The first-order valence-corrected chi connectivity index (χ1v) is 6.68. The third-order valence-corrected chi connectivity index (χ3v) is 4.03. The van der Waals surface area contributed by atoms with Gasteiger partial charge in [-0.05, 0) is 42.7 Å². The van der Waals surface area contributed by atoms with Crippen LogP contribution in [0.5, 0.6) is 0 Å². The maximum absolute atomic E-state index is 14.0. The van der Waals surface area contributed by atoms with E-state index >= 15 is 0 Å². The number of benzene rings is 2. The van der Waals surface area contributed by atoms with Gasteiger partial charge in [-0.3, -0.25) is 0 Å². The van der Waals surface area contributed by atoms with Crippen molar-refractivity contribution < 1.29 is 13.2 Å². The zero-order valence-corrected chi connectivity index (χ0v) is 12.1. The van der Waals surface area contributed by atoms with Crippen LogP contribution < -0.4 is 0 Å². The topological polar surface area (TPSA) is 0 Å². The Kier molecular flexibility index (Phi) is 3.99. The van der Waals surface area contributed by atoms with E-state index < -0.39 is 16.5 Å². The molecule has 2 aromatic rings. The molecule has 2 rings (SSSR count). The summed E-state index contributed by atoms with van der Waals surface area (Å²) in [6.45, 7) is 3.19. The summed E-state index contributed by atoms with van der Waals surface area (Å²) in [4.78, 5) is -0.647. The van der Waals surface area contributed by atoms with Gasteiger partial charge in [-0.25, -0.2) is 13.2 Å². The number of rotatable bonds is 2. The van der Waals surface area contributed by atoms with E-state index in [0.717, 1.165) is 0 Å². The molecule has 0 bridgehead atoms. The fourth-order valence-electron chi connectivity index (χ4n) is 1.90. The Morgan fingerprint density at radius 1 is 0.895 bits per heavy atom. The van der Waals surface area contributed by atoms with E-state index in [2.05, 4.69) is 15.9 Å². The summed E-state index contributed by atoms with van der Waals surface area (Å²) in [6, 6.07) is 7.02. The molecule has 1 unspecified atom stereocenters. The molecule has 0 nitrogen and oxygen atoms in total. The second-order valence-electron chi connectivity index (χ2n) is 4.46. The highest BCUT2D eigenvalue weighted by Gasteiger charge is 2.21. The van der Waals surface area contributed by atoms with Crippen molar-refractivity contribution in [3.63, 3.8) is 0 Å². The summed E-state index contributed by atoms with van der Waals surface area (Å²) in [6.07, 6.45) is 0. The maximum Gasteiger partial charge on any atom is 0.133 e. The summed E-state index contributed by atoms with van der Waals surface area (Å²) in [5.74, 6) is -1.54. The Hall–Kier alpha value is -1.29. The minimum atomic E-state index is -0.647. The molecule has 0 amide bonds. The van der Waals surface area contributed by atoms with Crippen LogP contribution in [0.3, 0.4) is 0 Å². The number of halogens is 4. The van der Waals surface area contributed by atoms with Crippen molar-refractivity contribution in [2.24, 2.45) is 0 Å². The maximum atomic E-state index is 14.0. The van der Waals surface area contributed by atoms with Crippen molar-refractivity contribution in [3.8, 4) is 0 Å². The second-order valence-corrected chi connectivity index (χ2v) is 5.38. The van der Waals surface area contributed by atoms with Gasteiger partial charge in [-0.15, -0.1) is 0 Å². The SMILES string of the molecule is Cc1cc(C(Br)c2c(F)ccc(C)c2F)ccc1F. The number of hydrogen-bond donors (Lipinski definition) is 0. The highest BCUT2D eigenvalue weighted by atomic mass is 79.9. The molecule has 2 aromatic carbocycles. The Bertz CT molecular complexity index is 623. The van der Waals surface area contributed by atoms with Crippen LogP contribution in [0.2, 0.25) is 0 Å². The van der Waals surface area contributed by atoms with E-state index in [1.807, 2.05) is 0 Å². The molecule has 100 valence electrons. The summed E-state index contributed by atoms with van der Waals surface area (Å²) in [5, 5.41) is 0. The van der Waals surface area contributed by atoms with Crippen LogP contribution >= 0.6 is 15.9 Å². The van der Waals surface area contributed by atoms with Crippen LogP contribution in [0.25, 0.3) is 0 Å². The van der Waals surface area contributed by atoms with Gasteiger partial charge in [0, 0.05) is 5.56 Å². The van der Waals surface area contributed by atoms with Crippen molar-refractivity contribution in [2.75, 3.05) is 0 Å². The Labute approximate surface area is 118 Å². The standard InChI is InChI=1S/C15H12BrF3/c1-8-3-5-12(18)13(15(8)19)14(16)10-4-6-11(17)9(2)7-10/h3-7,14H,1-2H3. The van der Waals surface area contributed by atoms with Gasteiger partial charge < -0.3 is 0 Å². The fraction of sp³-hybridized carbons (Fsp3) is 0.200. The first kappa shape index (κ1) is 14.1. The molecule has 0 saturated carbocycles. The Balaban J connectivity index is 2.52. The van der Waals surface area contributed by atoms with Crippen molar-refractivity contribution in [3.05, 3.63) is 70.0 Å². The van der Waals surface area contributed by atoms with Crippen LogP contribution in [0.15, 0.2) is 30.3 Å². The minimum absolute atomic E-state index is 0.0500. The molecule has 1 atom stereocenters. The highest BCUT2D eigenvalue weighted by molar-refractivity contribution is 9.09. The first-order valence-electron chi connectivity index (χ1n) is 5.76. The monoisotopic (exact) mass is 328 g/mol. The van der Waals surface area contributed by atoms with Gasteiger partial charge in [0.05, 0.1) is 4.83 Å². The smallest absolute Gasteiger partial charge is 0.133 e. The molecule has 0 aliphatic heterocycles. The molecule has 0 aliphatic carbocycles. The van der Waals surface area contributed by atoms with Crippen LogP contribution in [-0.4, -0.2) is 0 Å². The molecular weight excluding hydrogens is 317 g/mol. The molecule has 0 radical (unpaired) electrons. The van der Waals surface area contributed by atoms with E-state index in [4.69, 9.17) is 0 Å². The van der Waals surface area contributed by atoms with Crippen LogP contribution in [0.4, 0.5) is 13.2 Å². The predicted octanol–water partition coefficient (Wildman–Crippen LogP) is 5.21. The van der Waals surface area contributed by atoms with Gasteiger partial charge in [0.15, 0.2) is 0 Å². The number of alkyl halides is 1. The Morgan fingerprint density at radius 3 is 2.16 bits per heavy atom. The second kappa shape index (κ2) is 5.37. The summed E-state index contributed by atoms with van der Waals surface area (Å²) in [5.41, 5.74) is 1.38. The third kappa shape index (κ3) is 2.68. The fourth-order valence-corrected chi connectivity index (χ4v) is 2.61. The lowest BCUT2D eigenvalue weighted by atomic mass is 10.00. The lowest BCUT2D eigenvalue weighted by molar-refractivity contribution is 0.555. The highest BCUT2D eigenvalue weighted by Crippen LogP contribution is 2.35. The molecule has 0 fully saturated rings. The van der Waals surface area contributed by atoms with E-state index in [1.54, 1.807) is 19.9 Å². The zero-order chi connectivity index (χ0) is 14.2. The van der Waals surface area contributed by atoms with E-state index in [1.165, 1.54) is 24.3 Å². The lowest BCUT2D eigenvalue weighted by Gasteiger charge is -2.15. The van der Waals surface area contributed by atoms with E-state index in [0.29, 0.717) is 16.7 Å². The van der Waals surface area contributed by atoms with Crippen LogP contribution in [-0.2, 0) is 0 Å². The van der Waals surface area contributed by atoms with Gasteiger partial charge in [0.1, 0.15) is 17.5 Å². The van der Waals surface area contributed by atoms with Gasteiger partial charge >= 0.3 is 0 Å². The number of aryl methyl sites for hydroxylation is 2. The molecule has 4 heteroatoms. The molecule has 0 heterocycles. The van der Waals surface area contributed by atoms with Crippen molar-refractivity contribution in [1.82, 2.24) is 0 Å². The Morgan fingerprint density at radius 2 is 1.53 bits per heavy atom. The van der Waals surface area contributed by atoms with Crippen molar-refractivity contribution in [2.45, 2.75) is 18.7 Å². The normalized spacial score (nSPS) is 12.5. The molecule has 19 heavy (non-hydrogen) atoms. The summed E-state index contributed by atoms with van der Waals surface area (Å²) >= 11 is 3.29. The minimum Gasteiger partial charge on any atom is -0.207 e. The average Bonchev–Trinajstić information content (AvgIpc) is 2.37. The van der Waals surface area contributed by atoms with E-state index in [9.17, 15) is 13.2 Å². The van der Waals surface area contributed by atoms with Crippen LogP contribution in [0.1, 0.15) is 27.1 Å². The zero-order valence-electron chi connectivity index (χ0n) is 10.5. The summed E-state index contributed by atoms with van der Waals surface area (Å²) in [7, 11) is 0. The molecular formula is C15H12BrF3. The molecule has 0 saturated heterocycles. The van der Waals surface area contributed by atoms with Gasteiger partial charge in [-0.1, -0.05) is 34.1 Å². The summed E-state index contributed by atoms with van der Waals surface area (Å²) < 4.78 is 41.1. The molecule has 0 N–H and O–H groups in total. The lowest BCUT2D eigenvalue weighted by Crippen LogP contribution is -2.03. The quantitative estimate of drug-likeness (QED) is 0.664. The molecule has 0 spiro atoms. The van der Waals surface area contributed by atoms with E-state index in [-0.39, 0.29) is 11.4 Å². The van der Waals surface area contributed by atoms with Gasteiger partial charge in [0.2, 0.25) is 0 Å². The van der Waals surface area contributed by atoms with Gasteiger partial charge in [0.25, 0.3) is 0 Å². The third-order valence-electron chi connectivity index (χ3n) is 3.05. The average molecular weight is 329 g/mol.